The van der Waals surface area contributed by atoms with Gasteiger partial charge in [0.1, 0.15) is 36.0 Å². The van der Waals surface area contributed by atoms with E-state index >= 15 is 0 Å². The number of hydrazine groups is 1. The Morgan fingerprint density at radius 1 is 1.04 bits per heavy atom. The summed E-state index contributed by atoms with van der Waals surface area (Å²) in [6.07, 6.45) is 4.97. The van der Waals surface area contributed by atoms with Gasteiger partial charge in [0.2, 0.25) is 17.7 Å². The Hall–Kier alpha value is -6.02. The van der Waals surface area contributed by atoms with Gasteiger partial charge in [-0.25, -0.2) is 9.73 Å². The molecular weight excluding hydrogens is 953 g/mol. The van der Waals surface area contributed by atoms with Gasteiger partial charge in [0.25, 0.3) is 5.91 Å². The van der Waals surface area contributed by atoms with E-state index in [2.05, 4.69) is 53.2 Å². The molecule has 73 heavy (non-hydrogen) atoms. The maximum atomic E-state index is 14.8. The van der Waals surface area contributed by atoms with Crippen molar-refractivity contribution in [3.8, 4) is 28.1 Å². The maximum Gasteiger partial charge on any atom is 0.326 e. The number of hydrogen-bond donors (Lipinski definition) is 3. The molecule has 18 nitrogen and oxygen atoms in total. The summed E-state index contributed by atoms with van der Waals surface area (Å²) in [6, 6.07) is 8.46. The summed E-state index contributed by atoms with van der Waals surface area (Å²) in [6.45, 7) is 16.6. The van der Waals surface area contributed by atoms with Gasteiger partial charge >= 0.3 is 11.9 Å². The number of benzene rings is 2. The molecule has 3 aliphatic heterocycles. The minimum Gasteiger partial charge on any atom is -0.508 e. The minimum absolute atomic E-state index is 0.0422. The van der Waals surface area contributed by atoms with Crippen LogP contribution in [0.3, 0.4) is 0 Å². The van der Waals surface area contributed by atoms with E-state index in [0.717, 1.165) is 38.9 Å². The molecule has 2 unspecified atom stereocenters. The predicted octanol–water partition coefficient (Wildman–Crippen LogP) is 5.50. The van der Waals surface area contributed by atoms with Crippen molar-refractivity contribution < 1.29 is 48.1 Å². The van der Waals surface area contributed by atoms with Crippen LogP contribution in [0.15, 0.2) is 54.9 Å². The summed E-state index contributed by atoms with van der Waals surface area (Å²) >= 11 is 1.35. The summed E-state index contributed by atoms with van der Waals surface area (Å²) in [5, 5.41) is 16.7. The molecule has 0 spiro atoms. The number of ether oxygens (including phenoxy) is 3. The standard InChI is InChI=1S/C54H72N8O10S/c1-13-60-42-17-16-33-25-37(42)38(45(60)39-27-55-19-18-34(39)29-70-11)26-54(7,8)30-72-51(68)40-15-14-20-61(57-40)49(66)41(23-32-21-35(33)24-36(63)22-32)56-48(65)44(31(2)3)59(10)43(64)28-58(9)50(67)46-47(52(69)71-12)62(46)73-53(4,5)6/h16-19,21-22,24-25,27,31,40-41,44,46-47,57,63H,13-15,20,23,26,28-30H2,1-12H3,(H,56,65)/t40-,41-,44?,46-,47+,62?/m0/s1. The zero-order valence-corrected chi connectivity index (χ0v) is 45.1. The SMILES string of the molecule is CCn1c(-c2cnccc2COC)c2c3cc(ccc31)-c1cc(O)cc(c1)C[C@H](NC(=O)C(C(C)C)N(C)C(=O)CN(C)C(=O)[C@@H]1[C@H](C(=O)OC)N1SC(C)(C)C)C(=O)N1CCC[C@H](N1)C(=O)OCC(C)(C)C2. The number of methoxy groups -OCH3 is 2. The first-order chi connectivity index (χ1) is 34.5. The molecule has 5 heterocycles. The van der Waals surface area contributed by atoms with Crippen molar-refractivity contribution in [3.63, 3.8) is 0 Å². The molecule has 2 saturated heterocycles. The number of aryl methyl sites for hydroxylation is 1. The van der Waals surface area contributed by atoms with Crippen molar-refractivity contribution in [1.29, 1.82) is 0 Å². The number of cyclic esters (lactones) is 1. The van der Waals surface area contributed by atoms with Crippen molar-refractivity contribution in [2.24, 2.45) is 11.3 Å². The van der Waals surface area contributed by atoms with Crippen LogP contribution in [0.25, 0.3) is 33.3 Å². The second-order valence-corrected chi connectivity index (χ2v) is 23.4. The molecule has 2 fully saturated rings. The highest BCUT2D eigenvalue weighted by molar-refractivity contribution is 7.98. The lowest BCUT2D eigenvalue weighted by Crippen LogP contribution is -2.62. The van der Waals surface area contributed by atoms with Crippen molar-refractivity contribution in [2.45, 2.75) is 129 Å². The third-order valence-corrected chi connectivity index (χ3v) is 14.8. The first-order valence-corrected chi connectivity index (χ1v) is 25.8. The first-order valence-electron chi connectivity index (χ1n) is 25.0. The number of nitrogens with one attached hydrogen (secondary N) is 2. The van der Waals surface area contributed by atoms with Gasteiger partial charge in [-0.3, -0.25) is 38.8 Å². The number of phenolic OH excluding ortho intramolecular Hbond substituents is 1. The Morgan fingerprint density at radius 3 is 2.45 bits per heavy atom. The zero-order chi connectivity index (χ0) is 53.3. The van der Waals surface area contributed by atoms with Gasteiger partial charge in [0.05, 0.1) is 32.6 Å². The predicted molar refractivity (Wildman–Crippen MR) is 278 cm³/mol. The number of amides is 4. The Kier molecular flexibility index (Phi) is 16.7. The lowest BCUT2D eigenvalue weighted by atomic mass is 9.84. The van der Waals surface area contributed by atoms with Crippen LogP contribution in [0.2, 0.25) is 0 Å². The van der Waals surface area contributed by atoms with Crippen LogP contribution >= 0.6 is 11.9 Å². The minimum atomic E-state index is -1.23. The molecule has 0 aliphatic carbocycles. The van der Waals surface area contributed by atoms with Crippen LogP contribution in [0, 0.1) is 11.3 Å². The first kappa shape index (κ1) is 54.7. The van der Waals surface area contributed by atoms with Crippen LogP contribution < -0.4 is 10.7 Å². The quantitative estimate of drug-likeness (QED) is 0.0860. The van der Waals surface area contributed by atoms with Crippen LogP contribution in [-0.4, -0.2) is 152 Å². The van der Waals surface area contributed by atoms with Crippen molar-refractivity contribution in [2.75, 3.05) is 48.0 Å². The molecule has 6 atom stereocenters. The number of nitrogens with zero attached hydrogens (tertiary/aromatic N) is 6. The van der Waals surface area contributed by atoms with E-state index in [1.807, 2.05) is 45.2 Å². The Labute approximate surface area is 432 Å². The van der Waals surface area contributed by atoms with Crippen molar-refractivity contribution in [3.05, 3.63) is 71.5 Å². The van der Waals surface area contributed by atoms with Gasteiger partial charge in [-0.1, -0.05) is 51.8 Å². The third kappa shape index (κ3) is 12.2. The topological polar surface area (TPSA) is 205 Å². The van der Waals surface area contributed by atoms with E-state index < -0.39 is 77.1 Å². The lowest BCUT2D eigenvalue weighted by molar-refractivity contribution is -0.155. The summed E-state index contributed by atoms with van der Waals surface area (Å²) in [5.74, 6) is -3.68. The number of aromatic hydroxyl groups is 1. The molecule has 4 aromatic rings. The molecule has 6 bridgehead atoms. The fraction of sp³-hybridized carbons (Fsp3) is 0.537. The van der Waals surface area contributed by atoms with E-state index in [9.17, 15) is 33.9 Å². The molecule has 2 aromatic heterocycles. The summed E-state index contributed by atoms with van der Waals surface area (Å²) in [5.41, 5.74) is 9.50. The summed E-state index contributed by atoms with van der Waals surface area (Å²) < 4.78 is 20.3. The highest BCUT2D eigenvalue weighted by Crippen LogP contribution is 2.45. The van der Waals surface area contributed by atoms with Crippen LogP contribution in [0.5, 0.6) is 5.75 Å². The van der Waals surface area contributed by atoms with E-state index in [-0.39, 0.29) is 36.6 Å². The van der Waals surface area contributed by atoms with Crippen molar-refractivity contribution >= 4 is 58.4 Å². The van der Waals surface area contributed by atoms with Gasteiger partial charge < -0.3 is 39.0 Å². The van der Waals surface area contributed by atoms with Gasteiger partial charge in [0, 0.05) is 79.7 Å². The van der Waals surface area contributed by atoms with Gasteiger partial charge in [-0.2, -0.15) is 0 Å². The number of phenols is 1. The Balaban J connectivity index is 1.23. The fourth-order valence-electron chi connectivity index (χ4n) is 10.1. The summed E-state index contributed by atoms with van der Waals surface area (Å²) in [7, 11) is 5.88. The van der Waals surface area contributed by atoms with Gasteiger partial charge in [-0.15, -0.1) is 0 Å². The van der Waals surface area contributed by atoms with E-state index in [1.54, 1.807) is 43.6 Å². The van der Waals surface area contributed by atoms with Gasteiger partial charge in [-0.05, 0) is 111 Å². The Bertz CT molecular complexity index is 2750. The number of likely N-dealkylation sites (N-methyl/N-ethyl adjacent to an activating group) is 2. The maximum absolute atomic E-state index is 14.8. The molecular formula is C54H72N8O10S. The number of fused-ring (bicyclic) bond motifs is 6. The Morgan fingerprint density at radius 2 is 1.78 bits per heavy atom. The molecule has 2 aromatic carbocycles. The van der Waals surface area contributed by atoms with Crippen LogP contribution in [0.1, 0.15) is 84.9 Å². The molecule has 3 N–H and O–H groups in total. The number of hydrogen-bond acceptors (Lipinski definition) is 14. The molecule has 7 rings (SSSR count). The van der Waals surface area contributed by atoms with Crippen LogP contribution in [-0.2, 0) is 69.0 Å². The smallest absolute Gasteiger partial charge is 0.326 e. The van der Waals surface area contributed by atoms with Crippen molar-refractivity contribution in [1.82, 2.24) is 39.4 Å². The highest BCUT2D eigenvalue weighted by atomic mass is 32.2. The average Bonchev–Trinajstić information content (AvgIpc) is 3.95. The second kappa shape index (κ2) is 22.2. The molecule has 19 heteroatoms. The van der Waals surface area contributed by atoms with E-state index in [4.69, 9.17) is 14.2 Å². The highest BCUT2D eigenvalue weighted by Gasteiger charge is 2.60. The number of esters is 2. The molecule has 0 saturated carbocycles. The van der Waals surface area contributed by atoms with E-state index in [1.165, 1.54) is 48.0 Å². The monoisotopic (exact) mass is 1020 g/mol. The number of aromatic nitrogens is 2. The van der Waals surface area contributed by atoms with Crippen LogP contribution in [0.4, 0.5) is 0 Å². The van der Waals surface area contributed by atoms with Gasteiger partial charge in [0.15, 0.2) is 0 Å². The third-order valence-electron chi connectivity index (χ3n) is 13.6. The normalized spacial score (nSPS) is 21.5. The summed E-state index contributed by atoms with van der Waals surface area (Å²) in [4.78, 5) is 90.9. The molecule has 394 valence electrons. The zero-order valence-electron chi connectivity index (χ0n) is 44.2. The number of carbonyl (C=O) groups excluding carboxylic acids is 6. The molecule has 3 aliphatic rings. The number of carbonyl (C=O) groups is 6. The molecule has 4 amide bonds. The molecule has 0 radical (unpaired) electrons. The number of pyridine rings is 1. The lowest BCUT2D eigenvalue weighted by Gasteiger charge is -2.37. The second-order valence-electron chi connectivity index (χ2n) is 21.5. The number of rotatable bonds is 13. The average molecular weight is 1030 g/mol. The fourth-order valence-corrected chi connectivity index (χ4v) is 11.3. The largest absolute Gasteiger partial charge is 0.508 e. The van der Waals surface area contributed by atoms with E-state index in [0.29, 0.717) is 43.5 Å².